The van der Waals surface area contributed by atoms with Crippen LogP contribution in [0, 0.1) is 11.3 Å². The molecule has 0 spiro atoms. The molecule has 1 fully saturated rings. The Kier molecular flexibility index (Phi) is 4.14. The summed E-state index contributed by atoms with van der Waals surface area (Å²) in [6, 6.07) is 0.0665. The lowest BCUT2D eigenvalue weighted by Gasteiger charge is -2.22. The van der Waals surface area contributed by atoms with Crippen molar-refractivity contribution in [2.45, 2.75) is 52.5 Å². The van der Waals surface area contributed by atoms with Crippen molar-refractivity contribution >= 4 is 5.97 Å². The van der Waals surface area contributed by atoms with E-state index in [0.29, 0.717) is 5.41 Å². The molecule has 1 aliphatic rings. The predicted octanol–water partition coefficient (Wildman–Crippen LogP) is 2.27. The van der Waals surface area contributed by atoms with E-state index in [1.165, 1.54) is 25.7 Å². The highest BCUT2D eigenvalue weighted by molar-refractivity contribution is 5.70. The first-order valence-corrected chi connectivity index (χ1v) is 5.97. The Balaban J connectivity index is 2.27. The van der Waals surface area contributed by atoms with Gasteiger partial charge in [0.15, 0.2) is 0 Å². The van der Waals surface area contributed by atoms with Crippen molar-refractivity contribution in [3.8, 4) is 0 Å². The first kappa shape index (κ1) is 12.5. The number of carboxylic acids is 1. The van der Waals surface area contributed by atoms with Crippen LogP contribution in [0.4, 0.5) is 0 Å². The Labute approximate surface area is 92.3 Å². The topological polar surface area (TPSA) is 49.3 Å². The van der Waals surface area contributed by atoms with Gasteiger partial charge in [-0.25, -0.2) is 0 Å². The Bertz CT molecular complexity index is 224. The normalized spacial score (nSPS) is 22.1. The Hall–Kier alpha value is -0.570. The van der Waals surface area contributed by atoms with Crippen LogP contribution in [0.25, 0.3) is 0 Å². The predicted molar refractivity (Wildman–Crippen MR) is 60.8 cm³/mol. The molecule has 2 N–H and O–H groups in total. The van der Waals surface area contributed by atoms with Gasteiger partial charge in [0.1, 0.15) is 0 Å². The van der Waals surface area contributed by atoms with Crippen LogP contribution in [-0.2, 0) is 4.79 Å². The van der Waals surface area contributed by atoms with Crippen molar-refractivity contribution in [2.24, 2.45) is 11.3 Å². The highest BCUT2D eigenvalue weighted by atomic mass is 16.4. The van der Waals surface area contributed by atoms with E-state index in [4.69, 9.17) is 5.11 Å². The van der Waals surface area contributed by atoms with Gasteiger partial charge in [-0.1, -0.05) is 20.3 Å². The average Bonchev–Trinajstić information content (AvgIpc) is 2.94. The maximum absolute atomic E-state index is 10.8. The molecule has 0 aliphatic heterocycles. The first-order chi connectivity index (χ1) is 7.01. The lowest BCUT2D eigenvalue weighted by Crippen LogP contribution is -2.39. The lowest BCUT2D eigenvalue weighted by atomic mass is 9.98. The Morgan fingerprint density at radius 2 is 2.07 bits per heavy atom. The second-order valence-electron chi connectivity index (χ2n) is 5.05. The molecule has 0 aromatic heterocycles. The summed E-state index contributed by atoms with van der Waals surface area (Å²) in [6.07, 6.45) is 5.11. The quantitative estimate of drug-likeness (QED) is 0.682. The van der Waals surface area contributed by atoms with E-state index >= 15 is 0 Å². The molecule has 2 unspecified atom stereocenters. The third-order valence-corrected chi connectivity index (χ3v) is 3.68. The van der Waals surface area contributed by atoms with Crippen LogP contribution >= 0.6 is 0 Å². The summed E-state index contributed by atoms with van der Waals surface area (Å²) in [5.41, 5.74) is 0.501. The first-order valence-electron chi connectivity index (χ1n) is 5.97. The van der Waals surface area contributed by atoms with Crippen LogP contribution in [0.5, 0.6) is 0 Å². The highest BCUT2D eigenvalue weighted by Crippen LogP contribution is 2.49. The fourth-order valence-corrected chi connectivity index (χ4v) is 1.99. The summed E-state index contributed by atoms with van der Waals surface area (Å²) in [5, 5.41) is 12.2. The molecular formula is C12H23NO2. The number of carbonyl (C=O) groups is 1. The molecule has 1 rings (SSSR count). The van der Waals surface area contributed by atoms with E-state index in [1.807, 2.05) is 6.92 Å². The summed E-state index contributed by atoms with van der Waals surface area (Å²) in [7, 11) is 0. The van der Waals surface area contributed by atoms with Gasteiger partial charge in [0, 0.05) is 12.6 Å². The molecule has 0 aromatic carbocycles. The zero-order chi connectivity index (χ0) is 11.5. The van der Waals surface area contributed by atoms with Gasteiger partial charge in [-0.2, -0.15) is 0 Å². The van der Waals surface area contributed by atoms with Gasteiger partial charge in [0.25, 0.3) is 0 Å². The van der Waals surface area contributed by atoms with Gasteiger partial charge in [0.05, 0.1) is 5.92 Å². The Morgan fingerprint density at radius 3 is 2.47 bits per heavy atom. The summed E-state index contributed by atoms with van der Waals surface area (Å²) in [4.78, 5) is 10.8. The van der Waals surface area contributed by atoms with Crippen molar-refractivity contribution in [3.63, 3.8) is 0 Å². The monoisotopic (exact) mass is 213 g/mol. The van der Waals surface area contributed by atoms with Gasteiger partial charge in [0.2, 0.25) is 0 Å². The summed E-state index contributed by atoms with van der Waals surface area (Å²) in [5.74, 6) is -1.02. The summed E-state index contributed by atoms with van der Waals surface area (Å²) < 4.78 is 0. The largest absolute Gasteiger partial charge is 0.481 e. The number of aliphatic carboxylic acids is 1. The standard InChI is InChI=1S/C12H23NO2/c1-4-5-12(6-7-12)8-13-10(3)9(2)11(14)15/h9-10,13H,4-8H2,1-3H3,(H,14,15). The van der Waals surface area contributed by atoms with Crippen molar-refractivity contribution in [2.75, 3.05) is 6.54 Å². The molecule has 1 saturated carbocycles. The highest BCUT2D eigenvalue weighted by Gasteiger charge is 2.41. The van der Waals surface area contributed by atoms with Crippen LogP contribution in [0.3, 0.4) is 0 Å². The minimum atomic E-state index is -0.713. The fourth-order valence-electron chi connectivity index (χ4n) is 1.99. The average molecular weight is 213 g/mol. The maximum atomic E-state index is 10.8. The number of carboxylic acid groups (broad SMARTS) is 1. The van der Waals surface area contributed by atoms with Crippen molar-refractivity contribution in [3.05, 3.63) is 0 Å². The van der Waals surface area contributed by atoms with Crippen LogP contribution in [-0.4, -0.2) is 23.7 Å². The van der Waals surface area contributed by atoms with Crippen LogP contribution in [0.1, 0.15) is 46.5 Å². The van der Waals surface area contributed by atoms with Crippen molar-refractivity contribution < 1.29 is 9.90 Å². The third-order valence-electron chi connectivity index (χ3n) is 3.68. The molecule has 1 aliphatic carbocycles. The van der Waals surface area contributed by atoms with Crippen molar-refractivity contribution in [1.29, 1.82) is 0 Å². The number of hydrogen-bond acceptors (Lipinski definition) is 2. The number of nitrogens with one attached hydrogen (secondary N) is 1. The molecule has 0 aromatic rings. The minimum Gasteiger partial charge on any atom is -0.481 e. The van der Waals surface area contributed by atoms with E-state index in [2.05, 4.69) is 12.2 Å². The molecule has 0 bridgehead atoms. The molecule has 2 atom stereocenters. The van der Waals surface area contributed by atoms with E-state index in [9.17, 15) is 4.79 Å². The molecular weight excluding hydrogens is 190 g/mol. The van der Waals surface area contributed by atoms with E-state index < -0.39 is 5.97 Å². The van der Waals surface area contributed by atoms with Gasteiger partial charge in [-0.05, 0) is 31.6 Å². The molecule has 15 heavy (non-hydrogen) atoms. The second-order valence-corrected chi connectivity index (χ2v) is 5.05. The van der Waals surface area contributed by atoms with E-state index in [-0.39, 0.29) is 12.0 Å². The molecule has 3 nitrogen and oxygen atoms in total. The smallest absolute Gasteiger partial charge is 0.307 e. The minimum absolute atomic E-state index is 0.0665. The fraction of sp³-hybridized carbons (Fsp3) is 0.917. The van der Waals surface area contributed by atoms with Gasteiger partial charge < -0.3 is 10.4 Å². The summed E-state index contributed by atoms with van der Waals surface area (Å²) in [6.45, 7) is 6.92. The lowest BCUT2D eigenvalue weighted by molar-refractivity contribution is -0.141. The molecule has 3 heteroatoms. The van der Waals surface area contributed by atoms with Crippen molar-refractivity contribution in [1.82, 2.24) is 5.32 Å². The SMILES string of the molecule is CCCC1(CNC(C)C(C)C(=O)O)CC1. The third kappa shape index (κ3) is 3.49. The van der Waals surface area contributed by atoms with Gasteiger partial charge in [-0.3, -0.25) is 4.79 Å². The van der Waals surface area contributed by atoms with E-state index in [1.54, 1.807) is 6.92 Å². The van der Waals surface area contributed by atoms with Crippen LogP contribution in [0.15, 0.2) is 0 Å². The van der Waals surface area contributed by atoms with Gasteiger partial charge in [-0.15, -0.1) is 0 Å². The van der Waals surface area contributed by atoms with Gasteiger partial charge >= 0.3 is 5.97 Å². The second kappa shape index (κ2) is 4.97. The van der Waals surface area contributed by atoms with E-state index in [0.717, 1.165) is 6.54 Å². The molecule has 0 radical (unpaired) electrons. The molecule has 0 heterocycles. The molecule has 0 saturated heterocycles. The Morgan fingerprint density at radius 1 is 1.47 bits per heavy atom. The molecule has 88 valence electrons. The zero-order valence-electron chi connectivity index (χ0n) is 10.0. The van der Waals surface area contributed by atoms with Crippen LogP contribution in [0.2, 0.25) is 0 Å². The van der Waals surface area contributed by atoms with Crippen LogP contribution < -0.4 is 5.32 Å². The zero-order valence-corrected chi connectivity index (χ0v) is 10.0. The molecule has 0 amide bonds. The number of hydrogen-bond donors (Lipinski definition) is 2. The summed E-state index contributed by atoms with van der Waals surface area (Å²) >= 11 is 0. The maximum Gasteiger partial charge on any atom is 0.307 e. The number of rotatable bonds is 7.